The predicted octanol–water partition coefficient (Wildman–Crippen LogP) is 5.88. The van der Waals surface area contributed by atoms with Gasteiger partial charge in [-0.1, -0.05) is 60.3 Å². The summed E-state index contributed by atoms with van der Waals surface area (Å²) in [5.41, 5.74) is 2.83. The highest BCUT2D eigenvalue weighted by molar-refractivity contribution is 8.14. The van der Waals surface area contributed by atoms with Gasteiger partial charge in [-0.3, -0.25) is 10.1 Å². The molecule has 0 fully saturated rings. The Hall–Kier alpha value is -2.53. The number of thioether (sulfide) groups is 1. The average Bonchev–Trinajstić information content (AvgIpc) is 2.62. The molecule has 148 valence electrons. The number of rotatable bonds is 7. The maximum atomic E-state index is 12.6. The third-order valence-corrected chi connectivity index (χ3v) is 4.75. The first-order valence-electron chi connectivity index (χ1n) is 9.24. The van der Waals surface area contributed by atoms with Gasteiger partial charge in [-0.2, -0.15) is 0 Å². The Bertz CT molecular complexity index is 840. The molecule has 0 atom stereocenters. The first-order chi connectivity index (χ1) is 13.3. The lowest BCUT2D eigenvalue weighted by atomic mass is 10.1. The number of anilines is 1. The predicted molar refractivity (Wildman–Crippen MR) is 117 cm³/mol. The number of hydrogen-bond acceptors (Lipinski definition) is 4. The SMILES string of the molecule is C=CCc1ccccc1C(=O)SCCc1ccccc1NC(=O)OC(C)(C)C. The zero-order valence-corrected chi connectivity index (χ0v) is 17.5. The zero-order valence-electron chi connectivity index (χ0n) is 16.7. The van der Waals surface area contributed by atoms with Crippen LogP contribution in [0.3, 0.4) is 0 Å². The van der Waals surface area contributed by atoms with Crippen molar-refractivity contribution in [2.45, 2.75) is 39.2 Å². The molecule has 1 N–H and O–H groups in total. The monoisotopic (exact) mass is 397 g/mol. The lowest BCUT2D eigenvalue weighted by Gasteiger charge is -2.20. The summed E-state index contributed by atoms with van der Waals surface area (Å²) in [7, 11) is 0. The topological polar surface area (TPSA) is 55.4 Å². The molecular weight excluding hydrogens is 370 g/mol. The fraction of sp³-hybridized carbons (Fsp3) is 0.304. The number of benzene rings is 2. The van der Waals surface area contributed by atoms with Gasteiger partial charge in [0.1, 0.15) is 5.60 Å². The minimum absolute atomic E-state index is 0.0510. The molecule has 0 saturated heterocycles. The van der Waals surface area contributed by atoms with Crippen molar-refractivity contribution in [1.29, 1.82) is 0 Å². The third kappa shape index (κ3) is 6.89. The number of nitrogens with one attached hydrogen (secondary N) is 1. The van der Waals surface area contributed by atoms with E-state index in [1.54, 1.807) is 6.08 Å². The second-order valence-electron chi connectivity index (χ2n) is 7.32. The highest BCUT2D eigenvalue weighted by Crippen LogP contribution is 2.22. The van der Waals surface area contributed by atoms with E-state index < -0.39 is 11.7 Å². The van der Waals surface area contributed by atoms with Gasteiger partial charge in [0.15, 0.2) is 0 Å². The molecule has 0 aliphatic heterocycles. The van der Waals surface area contributed by atoms with E-state index in [0.29, 0.717) is 24.3 Å². The van der Waals surface area contributed by atoms with Crippen molar-refractivity contribution in [2.24, 2.45) is 0 Å². The Morgan fingerprint density at radius 3 is 2.39 bits per heavy atom. The quantitative estimate of drug-likeness (QED) is 0.593. The summed E-state index contributed by atoms with van der Waals surface area (Å²) in [4.78, 5) is 24.6. The second kappa shape index (κ2) is 10.1. The largest absolute Gasteiger partial charge is 0.444 e. The number of amides is 1. The van der Waals surface area contributed by atoms with Gasteiger partial charge in [-0.05, 0) is 50.8 Å². The molecule has 0 heterocycles. The molecule has 28 heavy (non-hydrogen) atoms. The van der Waals surface area contributed by atoms with Crippen LogP contribution in [0.25, 0.3) is 0 Å². The molecule has 0 radical (unpaired) electrons. The summed E-state index contributed by atoms with van der Waals surface area (Å²) >= 11 is 1.28. The summed E-state index contributed by atoms with van der Waals surface area (Å²) in [6, 6.07) is 15.2. The van der Waals surface area contributed by atoms with Crippen LogP contribution in [0.5, 0.6) is 0 Å². The van der Waals surface area contributed by atoms with Crippen LogP contribution in [0.2, 0.25) is 0 Å². The molecule has 1 amide bonds. The van der Waals surface area contributed by atoms with Crippen LogP contribution in [0.1, 0.15) is 42.3 Å². The van der Waals surface area contributed by atoms with Gasteiger partial charge in [0, 0.05) is 17.0 Å². The van der Waals surface area contributed by atoms with Crippen LogP contribution >= 0.6 is 11.8 Å². The fourth-order valence-electron chi connectivity index (χ4n) is 2.66. The van der Waals surface area contributed by atoms with E-state index >= 15 is 0 Å². The van der Waals surface area contributed by atoms with Crippen LogP contribution in [-0.4, -0.2) is 22.6 Å². The molecule has 2 aromatic rings. The second-order valence-corrected chi connectivity index (χ2v) is 8.39. The minimum atomic E-state index is -0.555. The van der Waals surface area contributed by atoms with Gasteiger partial charge in [0.25, 0.3) is 0 Å². The van der Waals surface area contributed by atoms with Gasteiger partial charge in [-0.15, -0.1) is 6.58 Å². The molecule has 5 heteroatoms. The lowest BCUT2D eigenvalue weighted by Crippen LogP contribution is -2.27. The van der Waals surface area contributed by atoms with E-state index in [0.717, 1.165) is 16.7 Å². The summed E-state index contributed by atoms with van der Waals surface area (Å²) in [6.07, 6.45) is 2.65. The molecule has 0 spiro atoms. The van der Waals surface area contributed by atoms with E-state index in [2.05, 4.69) is 11.9 Å². The Balaban J connectivity index is 1.97. The van der Waals surface area contributed by atoms with E-state index in [9.17, 15) is 9.59 Å². The number of carbonyl (C=O) groups is 2. The maximum absolute atomic E-state index is 12.6. The van der Waals surface area contributed by atoms with E-state index in [1.807, 2.05) is 69.3 Å². The van der Waals surface area contributed by atoms with Crippen LogP contribution < -0.4 is 5.32 Å². The van der Waals surface area contributed by atoms with Crippen LogP contribution in [-0.2, 0) is 17.6 Å². The molecule has 0 bridgehead atoms. The fourth-order valence-corrected chi connectivity index (χ4v) is 3.52. The molecule has 0 unspecified atom stereocenters. The van der Waals surface area contributed by atoms with Crippen molar-refractivity contribution in [3.05, 3.63) is 77.9 Å². The number of carbonyl (C=O) groups excluding carboxylic acids is 2. The molecule has 0 aliphatic carbocycles. The van der Waals surface area contributed by atoms with Gasteiger partial charge in [0.05, 0.1) is 0 Å². The number of allylic oxidation sites excluding steroid dienone is 1. The highest BCUT2D eigenvalue weighted by atomic mass is 32.2. The molecule has 2 aromatic carbocycles. The van der Waals surface area contributed by atoms with Gasteiger partial charge >= 0.3 is 6.09 Å². The van der Waals surface area contributed by atoms with Crippen molar-refractivity contribution in [3.8, 4) is 0 Å². The summed E-state index contributed by atoms with van der Waals surface area (Å²) in [6.45, 7) is 9.22. The van der Waals surface area contributed by atoms with Crippen LogP contribution in [0, 0.1) is 0 Å². The standard InChI is InChI=1S/C23H27NO3S/c1-5-10-17-11-6-8-13-19(17)21(25)28-16-15-18-12-7-9-14-20(18)24-22(26)27-23(2,3)4/h5-9,11-14H,1,10,15-16H2,2-4H3,(H,24,26). The third-order valence-electron chi connectivity index (χ3n) is 3.86. The summed E-state index contributed by atoms with van der Waals surface area (Å²) in [5.74, 6) is 0.619. The van der Waals surface area contributed by atoms with Crippen molar-refractivity contribution in [3.63, 3.8) is 0 Å². The average molecular weight is 398 g/mol. The minimum Gasteiger partial charge on any atom is -0.444 e. The Morgan fingerprint density at radius 1 is 1.07 bits per heavy atom. The Labute approximate surface area is 171 Å². The Morgan fingerprint density at radius 2 is 1.71 bits per heavy atom. The number of para-hydroxylation sites is 1. The molecule has 0 aliphatic rings. The van der Waals surface area contributed by atoms with E-state index in [1.165, 1.54) is 11.8 Å². The van der Waals surface area contributed by atoms with E-state index in [-0.39, 0.29) is 5.12 Å². The van der Waals surface area contributed by atoms with Crippen molar-refractivity contribution < 1.29 is 14.3 Å². The first-order valence-corrected chi connectivity index (χ1v) is 10.2. The van der Waals surface area contributed by atoms with Crippen LogP contribution in [0.4, 0.5) is 10.5 Å². The van der Waals surface area contributed by atoms with Crippen molar-refractivity contribution >= 4 is 28.7 Å². The van der Waals surface area contributed by atoms with E-state index in [4.69, 9.17) is 4.74 Å². The smallest absolute Gasteiger partial charge is 0.412 e. The number of aryl methyl sites for hydroxylation is 1. The molecular formula is C23H27NO3S. The zero-order chi connectivity index (χ0) is 20.6. The highest BCUT2D eigenvalue weighted by Gasteiger charge is 2.17. The maximum Gasteiger partial charge on any atom is 0.412 e. The summed E-state index contributed by atoms with van der Waals surface area (Å²) in [5, 5.41) is 2.85. The number of hydrogen-bond donors (Lipinski definition) is 1. The molecule has 4 nitrogen and oxygen atoms in total. The van der Waals surface area contributed by atoms with Gasteiger partial charge in [0.2, 0.25) is 5.12 Å². The normalized spacial score (nSPS) is 11.0. The van der Waals surface area contributed by atoms with Gasteiger partial charge < -0.3 is 4.74 Å². The number of ether oxygens (including phenoxy) is 1. The molecule has 0 aromatic heterocycles. The van der Waals surface area contributed by atoms with Crippen molar-refractivity contribution in [2.75, 3.05) is 11.1 Å². The van der Waals surface area contributed by atoms with Crippen molar-refractivity contribution in [1.82, 2.24) is 0 Å². The van der Waals surface area contributed by atoms with Crippen LogP contribution in [0.15, 0.2) is 61.2 Å². The summed E-state index contributed by atoms with van der Waals surface area (Å²) < 4.78 is 5.32. The Kier molecular flexibility index (Phi) is 7.88. The lowest BCUT2D eigenvalue weighted by molar-refractivity contribution is 0.0635. The van der Waals surface area contributed by atoms with Gasteiger partial charge in [-0.25, -0.2) is 4.79 Å². The molecule has 2 rings (SSSR count). The first kappa shape index (κ1) is 21.8. The molecule has 0 saturated carbocycles.